The summed E-state index contributed by atoms with van der Waals surface area (Å²) in [5.74, 6) is 0.951. The van der Waals surface area contributed by atoms with Crippen LogP contribution in [-0.2, 0) is 0 Å². The van der Waals surface area contributed by atoms with Crippen LogP contribution in [0.1, 0.15) is 38.5 Å². The van der Waals surface area contributed by atoms with Crippen LogP contribution in [0.15, 0.2) is 24.3 Å². The maximum Gasteiger partial charge on any atom is 0.0384 e. The van der Waals surface area contributed by atoms with Crippen molar-refractivity contribution < 1.29 is 0 Å². The summed E-state index contributed by atoms with van der Waals surface area (Å²) >= 11 is 0. The Hall–Kier alpha value is -1.18. The normalized spacial score (nSPS) is 17.0. The van der Waals surface area contributed by atoms with Crippen LogP contribution >= 0.6 is 0 Å². The lowest BCUT2D eigenvalue weighted by Crippen LogP contribution is -2.22. The third kappa shape index (κ3) is 3.65. The van der Waals surface area contributed by atoms with Gasteiger partial charge in [-0.15, -0.1) is 0 Å². The van der Waals surface area contributed by atoms with Gasteiger partial charge in [0, 0.05) is 25.0 Å². The van der Waals surface area contributed by atoms with Crippen molar-refractivity contribution >= 4 is 11.4 Å². The Balaban J connectivity index is 1.82. The molecule has 1 saturated carbocycles. The largest absolute Gasteiger partial charge is 0.399 e. The highest BCUT2D eigenvalue weighted by atomic mass is 15.1. The zero-order chi connectivity index (χ0) is 12.1. The molecule has 0 heterocycles. The Morgan fingerprint density at radius 2 is 2.00 bits per heavy atom. The van der Waals surface area contributed by atoms with Gasteiger partial charge in [-0.05, 0) is 30.5 Å². The third-order valence-corrected chi connectivity index (χ3v) is 3.91. The molecule has 0 aliphatic heterocycles. The summed E-state index contributed by atoms with van der Waals surface area (Å²) in [6.45, 7) is 1.15. The molecule has 0 aromatic heterocycles. The first-order valence-corrected chi connectivity index (χ1v) is 6.82. The van der Waals surface area contributed by atoms with Crippen LogP contribution in [0.4, 0.5) is 11.4 Å². The highest BCUT2D eigenvalue weighted by Gasteiger charge is 2.13. The summed E-state index contributed by atoms with van der Waals surface area (Å²) in [5.41, 5.74) is 7.90. The number of benzene rings is 1. The number of rotatable bonds is 4. The Bertz CT molecular complexity index is 343. The number of nitrogens with zero attached hydrogens (tertiary/aromatic N) is 1. The molecule has 0 amide bonds. The molecule has 1 fully saturated rings. The molecule has 2 heteroatoms. The van der Waals surface area contributed by atoms with Gasteiger partial charge < -0.3 is 10.6 Å². The molecule has 0 saturated heterocycles. The summed E-state index contributed by atoms with van der Waals surface area (Å²) in [4.78, 5) is 2.32. The van der Waals surface area contributed by atoms with Crippen LogP contribution in [0.3, 0.4) is 0 Å². The maximum absolute atomic E-state index is 5.81. The summed E-state index contributed by atoms with van der Waals surface area (Å²) in [5, 5.41) is 0. The average molecular weight is 232 g/mol. The SMILES string of the molecule is CN(CCC1CCCCC1)c1cccc(N)c1. The van der Waals surface area contributed by atoms with Gasteiger partial charge in [-0.25, -0.2) is 0 Å². The molecule has 1 aliphatic carbocycles. The van der Waals surface area contributed by atoms with E-state index in [1.54, 1.807) is 0 Å². The van der Waals surface area contributed by atoms with E-state index in [-0.39, 0.29) is 0 Å². The molecule has 2 nitrogen and oxygen atoms in total. The van der Waals surface area contributed by atoms with E-state index in [4.69, 9.17) is 5.73 Å². The summed E-state index contributed by atoms with van der Waals surface area (Å²) in [6, 6.07) is 8.17. The lowest BCUT2D eigenvalue weighted by atomic mass is 9.87. The maximum atomic E-state index is 5.81. The van der Waals surface area contributed by atoms with E-state index in [0.29, 0.717) is 0 Å². The number of hydrogen-bond acceptors (Lipinski definition) is 2. The van der Waals surface area contributed by atoms with Crippen LogP contribution in [0, 0.1) is 5.92 Å². The minimum absolute atomic E-state index is 0.854. The van der Waals surface area contributed by atoms with Crippen LogP contribution in [0.25, 0.3) is 0 Å². The van der Waals surface area contributed by atoms with E-state index in [2.05, 4.69) is 24.1 Å². The van der Waals surface area contributed by atoms with Crippen molar-refractivity contribution in [3.05, 3.63) is 24.3 Å². The third-order valence-electron chi connectivity index (χ3n) is 3.91. The number of nitrogen functional groups attached to an aromatic ring is 1. The molecule has 0 radical (unpaired) electrons. The number of hydrogen-bond donors (Lipinski definition) is 1. The van der Waals surface area contributed by atoms with Crippen molar-refractivity contribution in [2.75, 3.05) is 24.2 Å². The monoisotopic (exact) mass is 232 g/mol. The zero-order valence-corrected chi connectivity index (χ0v) is 10.9. The van der Waals surface area contributed by atoms with Gasteiger partial charge in [0.05, 0.1) is 0 Å². The Morgan fingerprint density at radius 3 is 2.71 bits per heavy atom. The van der Waals surface area contributed by atoms with Crippen molar-refractivity contribution in [1.29, 1.82) is 0 Å². The van der Waals surface area contributed by atoms with Gasteiger partial charge in [0.1, 0.15) is 0 Å². The molecule has 0 bridgehead atoms. The van der Waals surface area contributed by atoms with Gasteiger partial charge in [-0.3, -0.25) is 0 Å². The topological polar surface area (TPSA) is 29.3 Å². The second-order valence-electron chi connectivity index (χ2n) is 5.31. The summed E-state index contributed by atoms with van der Waals surface area (Å²) < 4.78 is 0. The number of nitrogens with two attached hydrogens (primary N) is 1. The fraction of sp³-hybridized carbons (Fsp3) is 0.600. The molecule has 0 unspecified atom stereocenters. The van der Waals surface area contributed by atoms with Gasteiger partial charge in [-0.2, -0.15) is 0 Å². The Morgan fingerprint density at radius 1 is 1.24 bits per heavy atom. The number of anilines is 2. The molecule has 2 rings (SSSR count). The molecular formula is C15H24N2. The van der Waals surface area contributed by atoms with Gasteiger partial charge in [0.25, 0.3) is 0 Å². The van der Waals surface area contributed by atoms with Gasteiger partial charge in [0.15, 0.2) is 0 Å². The van der Waals surface area contributed by atoms with E-state index in [1.165, 1.54) is 44.2 Å². The highest BCUT2D eigenvalue weighted by Crippen LogP contribution is 2.27. The first-order valence-electron chi connectivity index (χ1n) is 6.82. The minimum Gasteiger partial charge on any atom is -0.399 e. The molecule has 0 spiro atoms. The van der Waals surface area contributed by atoms with Crippen molar-refractivity contribution in [1.82, 2.24) is 0 Å². The molecule has 1 aromatic rings. The fourth-order valence-electron chi connectivity index (χ4n) is 2.74. The van der Waals surface area contributed by atoms with E-state index in [0.717, 1.165) is 18.2 Å². The van der Waals surface area contributed by atoms with Crippen LogP contribution < -0.4 is 10.6 Å². The highest BCUT2D eigenvalue weighted by molar-refractivity contribution is 5.55. The molecule has 1 aliphatic rings. The Labute approximate surface area is 105 Å². The van der Waals surface area contributed by atoms with Gasteiger partial charge >= 0.3 is 0 Å². The summed E-state index contributed by atoms with van der Waals surface area (Å²) in [6.07, 6.45) is 8.52. The first-order chi connectivity index (χ1) is 8.25. The first kappa shape index (κ1) is 12.3. The van der Waals surface area contributed by atoms with E-state index in [1.807, 2.05) is 12.1 Å². The second kappa shape index (κ2) is 5.95. The van der Waals surface area contributed by atoms with Crippen LogP contribution in [-0.4, -0.2) is 13.6 Å². The lowest BCUT2D eigenvalue weighted by molar-refractivity contribution is 0.341. The molecule has 2 N–H and O–H groups in total. The summed E-state index contributed by atoms with van der Waals surface area (Å²) in [7, 11) is 2.16. The van der Waals surface area contributed by atoms with Crippen molar-refractivity contribution in [2.24, 2.45) is 5.92 Å². The van der Waals surface area contributed by atoms with Crippen molar-refractivity contribution in [2.45, 2.75) is 38.5 Å². The smallest absolute Gasteiger partial charge is 0.0384 e. The molecule has 1 aromatic carbocycles. The standard InChI is InChI=1S/C15H24N2/c1-17(15-9-5-8-14(16)12-15)11-10-13-6-3-2-4-7-13/h5,8-9,12-13H,2-4,6-7,10-11,16H2,1H3. The average Bonchev–Trinajstić information content (AvgIpc) is 2.37. The van der Waals surface area contributed by atoms with E-state index >= 15 is 0 Å². The van der Waals surface area contributed by atoms with E-state index < -0.39 is 0 Å². The van der Waals surface area contributed by atoms with E-state index in [9.17, 15) is 0 Å². The molecule has 0 atom stereocenters. The molecule has 17 heavy (non-hydrogen) atoms. The fourth-order valence-corrected chi connectivity index (χ4v) is 2.74. The quantitative estimate of drug-likeness (QED) is 0.802. The molecule has 94 valence electrons. The van der Waals surface area contributed by atoms with Gasteiger partial charge in [0.2, 0.25) is 0 Å². The van der Waals surface area contributed by atoms with Crippen LogP contribution in [0.2, 0.25) is 0 Å². The molecular weight excluding hydrogens is 208 g/mol. The van der Waals surface area contributed by atoms with Crippen molar-refractivity contribution in [3.63, 3.8) is 0 Å². The second-order valence-corrected chi connectivity index (χ2v) is 5.31. The predicted molar refractivity (Wildman–Crippen MR) is 75.3 cm³/mol. The van der Waals surface area contributed by atoms with Crippen molar-refractivity contribution in [3.8, 4) is 0 Å². The predicted octanol–water partition coefficient (Wildman–Crippen LogP) is 3.68. The lowest BCUT2D eigenvalue weighted by Gasteiger charge is -2.25. The minimum atomic E-state index is 0.854. The zero-order valence-electron chi connectivity index (χ0n) is 10.9. The van der Waals surface area contributed by atoms with Crippen LogP contribution in [0.5, 0.6) is 0 Å². The van der Waals surface area contributed by atoms with Gasteiger partial charge in [-0.1, -0.05) is 38.2 Å². The Kier molecular flexibility index (Phi) is 4.29.